The molecule has 2 atom stereocenters. The molecule has 2 N–H and O–H groups in total. The quantitative estimate of drug-likeness (QED) is 0.781. The van der Waals surface area contributed by atoms with Gasteiger partial charge < -0.3 is 15.4 Å². The maximum Gasteiger partial charge on any atom is 0.250 e. The lowest BCUT2D eigenvalue weighted by atomic mass is 10.1. The van der Waals surface area contributed by atoms with Gasteiger partial charge in [0.05, 0.1) is 17.5 Å². The zero-order chi connectivity index (χ0) is 17.0. The number of morpholine rings is 1. The van der Waals surface area contributed by atoms with E-state index in [4.69, 9.17) is 4.74 Å². The molecule has 136 valence electrons. The highest BCUT2D eigenvalue weighted by atomic mass is 35.5. The standard InChI is InChI=1S/C15H23N3O4S.ClH/c1-11(17-15(19)14-10-16-8-9-22-14)12-4-6-13(7-5-12)23(20,21)18(2)3;/h4-7,11,14,16H,8-10H2,1-3H3,(H,17,19);1H. The van der Waals surface area contributed by atoms with E-state index >= 15 is 0 Å². The van der Waals surface area contributed by atoms with E-state index in [1.54, 1.807) is 24.3 Å². The third kappa shape index (κ3) is 4.90. The van der Waals surface area contributed by atoms with Gasteiger partial charge in [0.1, 0.15) is 6.10 Å². The molecule has 1 aromatic carbocycles. The lowest BCUT2D eigenvalue weighted by molar-refractivity contribution is -0.134. The van der Waals surface area contributed by atoms with Crippen molar-refractivity contribution in [1.82, 2.24) is 14.9 Å². The second kappa shape index (κ2) is 8.77. The van der Waals surface area contributed by atoms with Crippen LogP contribution in [0.1, 0.15) is 18.5 Å². The zero-order valence-corrected chi connectivity index (χ0v) is 15.6. The number of carbonyl (C=O) groups is 1. The van der Waals surface area contributed by atoms with Gasteiger partial charge in [-0.1, -0.05) is 12.1 Å². The molecule has 1 heterocycles. The van der Waals surface area contributed by atoms with Crippen molar-refractivity contribution in [3.05, 3.63) is 29.8 Å². The highest BCUT2D eigenvalue weighted by Gasteiger charge is 2.23. The fraction of sp³-hybridized carbons (Fsp3) is 0.533. The molecular weight excluding hydrogens is 354 g/mol. The number of hydrogen-bond acceptors (Lipinski definition) is 5. The molecule has 1 aliphatic rings. The maximum absolute atomic E-state index is 12.1. The molecule has 7 nitrogen and oxygen atoms in total. The summed E-state index contributed by atoms with van der Waals surface area (Å²) in [6, 6.07) is 6.28. The Morgan fingerprint density at radius 2 is 1.96 bits per heavy atom. The highest BCUT2D eigenvalue weighted by Crippen LogP contribution is 2.18. The van der Waals surface area contributed by atoms with Gasteiger partial charge in [0.25, 0.3) is 5.91 Å². The minimum Gasteiger partial charge on any atom is -0.366 e. The van der Waals surface area contributed by atoms with Crippen LogP contribution in [0.25, 0.3) is 0 Å². The number of nitrogens with zero attached hydrogens (tertiary/aromatic N) is 1. The molecule has 0 bridgehead atoms. The second-order valence-corrected chi connectivity index (χ2v) is 7.80. The fourth-order valence-electron chi connectivity index (χ4n) is 2.26. The van der Waals surface area contributed by atoms with Gasteiger partial charge >= 0.3 is 0 Å². The summed E-state index contributed by atoms with van der Waals surface area (Å²) in [4.78, 5) is 12.3. The van der Waals surface area contributed by atoms with Gasteiger partial charge in [0.15, 0.2) is 0 Å². The third-order valence-corrected chi connectivity index (χ3v) is 5.57. The van der Waals surface area contributed by atoms with Crippen molar-refractivity contribution in [3.63, 3.8) is 0 Å². The summed E-state index contributed by atoms with van der Waals surface area (Å²) >= 11 is 0. The highest BCUT2D eigenvalue weighted by molar-refractivity contribution is 7.89. The first-order valence-corrected chi connectivity index (χ1v) is 8.91. The van der Waals surface area contributed by atoms with Gasteiger partial charge in [-0.2, -0.15) is 0 Å². The van der Waals surface area contributed by atoms with Crippen LogP contribution in [0.3, 0.4) is 0 Å². The number of amides is 1. The van der Waals surface area contributed by atoms with Crippen LogP contribution in [0, 0.1) is 0 Å². The molecular formula is C15H24ClN3O4S. The number of carbonyl (C=O) groups excluding carboxylic acids is 1. The maximum atomic E-state index is 12.1. The average molecular weight is 378 g/mol. The van der Waals surface area contributed by atoms with E-state index < -0.39 is 16.1 Å². The zero-order valence-electron chi connectivity index (χ0n) is 14.0. The largest absolute Gasteiger partial charge is 0.366 e. The molecule has 24 heavy (non-hydrogen) atoms. The lowest BCUT2D eigenvalue weighted by Crippen LogP contribution is -2.48. The number of benzene rings is 1. The third-order valence-electron chi connectivity index (χ3n) is 3.74. The molecule has 1 fully saturated rings. The smallest absolute Gasteiger partial charge is 0.250 e. The van der Waals surface area contributed by atoms with Crippen LogP contribution in [0.2, 0.25) is 0 Å². The minimum absolute atomic E-state index is 0. The summed E-state index contributed by atoms with van der Waals surface area (Å²) < 4.78 is 30.6. The number of sulfonamides is 1. The first kappa shape index (κ1) is 20.9. The van der Waals surface area contributed by atoms with Gasteiger partial charge in [-0.3, -0.25) is 4.79 Å². The molecule has 0 saturated carbocycles. The van der Waals surface area contributed by atoms with Crippen LogP contribution in [-0.2, 0) is 19.6 Å². The first-order chi connectivity index (χ1) is 10.8. The fourth-order valence-corrected chi connectivity index (χ4v) is 3.16. The average Bonchev–Trinajstić information content (AvgIpc) is 2.55. The van der Waals surface area contributed by atoms with Crippen molar-refractivity contribution in [2.24, 2.45) is 0 Å². The van der Waals surface area contributed by atoms with Gasteiger partial charge in [0, 0.05) is 27.2 Å². The Hall–Kier alpha value is -1.19. The molecule has 0 aromatic heterocycles. The number of nitrogens with one attached hydrogen (secondary N) is 2. The monoisotopic (exact) mass is 377 g/mol. The summed E-state index contributed by atoms with van der Waals surface area (Å²) in [5.41, 5.74) is 0.833. The van der Waals surface area contributed by atoms with Crippen molar-refractivity contribution < 1.29 is 17.9 Å². The molecule has 1 amide bonds. The van der Waals surface area contributed by atoms with Crippen LogP contribution in [0.5, 0.6) is 0 Å². The van der Waals surface area contributed by atoms with Gasteiger partial charge in [-0.25, -0.2) is 12.7 Å². The van der Waals surface area contributed by atoms with E-state index in [0.717, 1.165) is 12.1 Å². The molecule has 0 radical (unpaired) electrons. The Bertz CT molecular complexity index is 643. The molecule has 0 spiro atoms. The second-order valence-electron chi connectivity index (χ2n) is 5.65. The minimum atomic E-state index is -3.44. The Morgan fingerprint density at radius 1 is 1.33 bits per heavy atom. The summed E-state index contributed by atoms with van der Waals surface area (Å²) in [7, 11) is -0.461. The predicted octanol–water partition coefficient (Wildman–Crippen LogP) is 0.524. The molecule has 1 saturated heterocycles. The van der Waals surface area contributed by atoms with Crippen molar-refractivity contribution >= 4 is 28.3 Å². The molecule has 9 heteroatoms. The van der Waals surface area contributed by atoms with E-state index in [1.807, 2.05) is 6.92 Å². The number of ether oxygens (including phenoxy) is 1. The van der Waals surface area contributed by atoms with Gasteiger partial charge in [-0.15, -0.1) is 12.4 Å². The van der Waals surface area contributed by atoms with Gasteiger partial charge in [0.2, 0.25) is 10.0 Å². The first-order valence-electron chi connectivity index (χ1n) is 7.47. The van der Waals surface area contributed by atoms with Crippen LogP contribution in [0.4, 0.5) is 0 Å². The number of hydrogen-bond donors (Lipinski definition) is 2. The van der Waals surface area contributed by atoms with E-state index in [2.05, 4.69) is 10.6 Å². The van der Waals surface area contributed by atoms with E-state index in [0.29, 0.717) is 13.2 Å². The van der Waals surface area contributed by atoms with E-state index in [1.165, 1.54) is 18.4 Å². The van der Waals surface area contributed by atoms with Crippen molar-refractivity contribution in [2.45, 2.75) is 24.0 Å². The molecule has 2 unspecified atom stereocenters. The van der Waals surface area contributed by atoms with E-state index in [-0.39, 0.29) is 29.3 Å². The van der Waals surface area contributed by atoms with Crippen LogP contribution in [0.15, 0.2) is 29.2 Å². The topological polar surface area (TPSA) is 87.7 Å². The van der Waals surface area contributed by atoms with Crippen LogP contribution >= 0.6 is 12.4 Å². The van der Waals surface area contributed by atoms with Crippen molar-refractivity contribution in [1.29, 1.82) is 0 Å². The lowest BCUT2D eigenvalue weighted by Gasteiger charge is -2.24. The molecule has 0 aliphatic carbocycles. The summed E-state index contributed by atoms with van der Waals surface area (Å²) in [6.45, 7) is 3.62. The SMILES string of the molecule is CC(NC(=O)C1CNCCO1)c1ccc(S(=O)(=O)N(C)C)cc1.Cl. The summed E-state index contributed by atoms with van der Waals surface area (Å²) in [6.07, 6.45) is -0.486. The Balaban J connectivity index is 0.00000288. The summed E-state index contributed by atoms with van der Waals surface area (Å²) in [5.74, 6) is -0.172. The summed E-state index contributed by atoms with van der Waals surface area (Å²) in [5, 5.41) is 5.99. The van der Waals surface area contributed by atoms with E-state index in [9.17, 15) is 13.2 Å². The molecule has 1 aromatic rings. The normalized spacial score (nSPS) is 19.4. The van der Waals surface area contributed by atoms with Crippen molar-refractivity contribution in [2.75, 3.05) is 33.8 Å². The Labute approximate surface area is 149 Å². The molecule has 1 aliphatic heterocycles. The van der Waals surface area contributed by atoms with Gasteiger partial charge in [-0.05, 0) is 24.6 Å². The van der Waals surface area contributed by atoms with Crippen molar-refractivity contribution in [3.8, 4) is 0 Å². The number of rotatable bonds is 5. The Morgan fingerprint density at radius 3 is 2.46 bits per heavy atom. The Kier molecular flexibility index (Phi) is 7.62. The number of halogens is 1. The van der Waals surface area contributed by atoms with Crippen LogP contribution < -0.4 is 10.6 Å². The molecule has 2 rings (SSSR count). The predicted molar refractivity (Wildman–Crippen MR) is 93.7 cm³/mol. The van der Waals surface area contributed by atoms with Crippen LogP contribution in [-0.4, -0.2) is 58.5 Å².